The molecule has 1 aliphatic carbocycles. The smallest absolute Gasteiger partial charge is 0.238 e. The van der Waals surface area contributed by atoms with Crippen LogP contribution in [-0.4, -0.2) is 37.0 Å². The first-order valence-corrected chi connectivity index (χ1v) is 7.35. The highest BCUT2D eigenvalue weighted by Gasteiger charge is 2.33. The summed E-state index contributed by atoms with van der Waals surface area (Å²) >= 11 is 6.05. The highest BCUT2D eigenvalue weighted by Crippen LogP contribution is 2.34. The second kappa shape index (κ2) is 7.99. The molecule has 1 fully saturated rings. The summed E-state index contributed by atoms with van der Waals surface area (Å²) in [5.41, 5.74) is 7.52. The minimum Gasteiger partial charge on any atom is -0.329 e. The Morgan fingerprint density at radius 3 is 2.71 bits per heavy atom. The van der Waals surface area contributed by atoms with Crippen LogP contribution in [0.25, 0.3) is 0 Å². The van der Waals surface area contributed by atoms with Crippen LogP contribution in [0.1, 0.15) is 18.4 Å². The van der Waals surface area contributed by atoms with Crippen molar-refractivity contribution in [2.45, 2.75) is 25.8 Å². The van der Waals surface area contributed by atoms with Gasteiger partial charge in [0.05, 0.1) is 6.54 Å². The summed E-state index contributed by atoms with van der Waals surface area (Å²) in [6, 6.07) is 5.84. The molecule has 2 rings (SSSR count). The second-order valence-corrected chi connectivity index (χ2v) is 5.97. The number of nitrogens with zero attached hydrogens (tertiary/aromatic N) is 1. The summed E-state index contributed by atoms with van der Waals surface area (Å²) in [6.45, 7) is 2.89. The van der Waals surface area contributed by atoms with Gasteiger partial charge in [0.2, 0.25) is 5.91 Å². The highest BCUT2D eigenvalue weighted by molar-refractivity contribution is 6.31. The van der Waals surface area contributed by atoms with Gasteiger partial charge in [0.1, 0.15) is 0 Å². The Balaban J connectivity index is 0.00000220. The van der Waals surface area contributed by atoms with Crippen LogP contribution in [0.5, 0.6) is 0 Å². The van der Waals surface area contributed by atoms with Crippen LogP contribution in [-0.2, 0) is 4.79 Å². The normalized spacial score (nSPS) is 15.5. The third kappa shape index (κ3) is 5.15. The van der Waals surface area contributed by atoms with Gasteiger partial charge in [-0.3, -0.25) is 9.69 Å². The molecule has 4 nitrogen and oxygen atoms in total. The van der Waals surface area contributed by atoms with Gasteiger partial charge in [0, 0.05) is 23.3 Å². The molecule has 0 saturated heterocycles. The van der Waals surface area contributed by atoms with Gasteiger partial charge < -0.3 is 11.1 Å². The minimum atomic E-state index is -0.0356. The van der Waals surface area contributed by atoms with Crippen molar-refractivity contribution in [2.75, 3.05) is 25.5 Å². The van der Waals surface area contributed by atoms with Crippen molar-refractivity contribution in [2.24, 2.45) is 11.7 Å². The number of benzene rings is 1. The van der Waals surface area contributed by atoms with Gasteiger partial charge in [0.15, 0.2) is 0 Å². The Morgan fingerprint density at radius 2 is 2.19 bits per heavy atom. The van der Waals surface area contributed by atoms with E-state index < -0.39 is 0 Å². The molecule has 1 aliphatic rings. The number of nitrogens with one attached hydrogen (secondary N) is 1. The summed E-state index contributed by atoms with van der Waals surface area (Å²) in [7, 11) is 1.96. The topological polar surface area (TPSA) is 58.4 Å². The quantitative estimate of drug-likeness (QED) is 0.842. The lowest BCUT2D eigenvalue weighted by Crippen LogP contribution is -2.43. The van der Waals surface area contributed by atoms with Crippen molar-refractivity contribution in [3.63, 3.8) is 0 Å². The van der Waals surface area contributed by atoms with Crippen molar-refractivity contribution in [3.05, 3.63) is 28.8 Å². The van der Waals surface area contributed by atoms with E-state index in [0.29, 0.717) is 30.1 Å². The molecule has 0 spiro atoms. The Morgan fingerprint density at radius 1 is 1.52 bits per heavy atom. The third-order valence-electron chi connectivity index (χ3n) is 3.82. The molecule has 1 atom stereocenters. The number of amides is 1. The molecule has 1 unspecified atom stereocenters. The maximum absolute atomic E-state index is 12.0. The fourth-order valence-electron chi connectivity index (χ4n) is 2.43. The molecule has 1 aromatic rings. The maximum Gasteiger partial charge on any atom is 0.238 e. The van der Waals surface area contributed by atoms with Crippen LogP contribution >= 0.6 is 24.0 Å². The first kappa shape index (κ1) is 18.2. The molecule has 0 radical (unpaired) electrons. The van der Waals surface area contributed by atoms with Crippen molar-refractivity contribution < 1.29 is 4.79 Å². The molecule has 0 aromatic heterocycles. The Bertz CT molecular complexity index is 492. The van der Waals surface area contributed by atoms with Crippen LogP contribution < -0.4 is 11.1 Å². The van der Waals surface area contributed by atoms with Crippen molar-refractivity contribution in [3.8, 4) is 0 Å². The molecule has 3 N–H and O–H groups in total. The molecular weight excluding hydrogens is 309 g/mol. The van der Waals surface area contributed by atoms with E-state index in [1.165, 1.54) is 12.8 Å². The number of likely N-dealkylation sites (N-methyl/N-ethyl adjacent to an activating group) is 1. The van der Waals surface area contributed by atoms with E-state index in [1.54, 1.807) is 6.07 Å². The molecular formula is C15H23Cl2N3O. The number of carbonyl (C=O) groups excluding carboxylic acids is 1. The monoisotopic (exact) mass is 331 g/mol. The number of aryl methyl sites for hydroxylation is 1. The zero-order valence-electron chi connectivity index (χ0n) is 12.4. The van der Waals surface area contributed by atoms with Crippen LogP contribution in [0.3, 0.4) is 0 Å². The summed E-state index contributed by atoms with van der Waals surface area (Å²) < 4.78 is 0. The van der Waals surface area contributed by atoms with E-state index in [2.05, 4.69) is 5.32 Å². The standard InChI is InChI=1S/C15H22ClN3O.ClH/c1-10-3-6-12(7-13(10)16)18-15(20)9-19(2)14(8-17)11-4-5-11;/h3,6-7,11,14H,4-5,8-9,17H2,1-2H3,(H,18,20);1H. The number of halogens is 2. The molecule has 118 valence electrons. The lowest BCUT2D eigenvalue weighted by molar-refractivity contribution is -0.117. The van der Waals surface area contributed by atoms with Crippen molar-refractivity contribution in [1.29, 1.82) is 0 Å². The average Bonchev–Trinajstić information content (AvgIpc) is 3.19. The first-order chi connectivity index (χ1) is 9.51. The van der Waals surface area contributed by atoms with Gasteiger partial charge in [-0.2, -0.15) is 0 Å². The second-order valence-electron chi connectivity index (χ2n) is 5.57. The lowest BCUT2D eigenvalue weighted by atomic mass is 10.1. The largest absolute Gasteiger partial charge is 0.329 e. The zero-order chi connectivity index (χ0) is 14.7. The Hall–Kier alpha value is -0.810. The van der Waals surface area contributed by atoms with Crippen LogP contribution in [0.4, 0.5) is 5.69 Å². The maximum atomic E-state index is 12.0. The molecule has 0 aliphatic heterocycles. The molecule has 0 bridgehead atoms. The predicted molar refractivity (Wildman–Crippen MR) is 90.3 cm³/mol. The molecule has 21 heavy (non-hydrogen) atoms. The summed E-state index contributed by atoms with van der Waals surface area (Å²) in [5.74, 6) is 0.623. The average molecular weight is 332 g/mol. The first-order valence-electron chi connectivity index (χ1n) is 6.97. The van der Waals surface area contributed by atoms with Gasteiger partial charge in [0.25, 0.3) is 0 Å². The minimum absolute atomic E-state index is 0. The third-order valence-corrected chi connectivity index (χ3v) is 4.23. The fraction of sp³-hybridized carbons (Fsp3) is 0.533. The van der Waals surface area contributed by atoms with E-state index in [1.807, 2.05) is 31.0 Å². The van der Waals surface area contributed by atoms with E-state index in [9.17, 15) is 4.79 Å². The molecule has 1 aromatic carbocycles. The van der Waals surface area contributed by atoms with Gasteiger partial charge in [-0.25, -0.2) is 0 Å². The van der Waals surface area contributed by atoms with Crippen LogP contribution in [0.15, 0.2) is 18.2 Å². The van der Waals surface area contributed by atoms with E-state index in [4.69, 9.17) is 17.3 Å². The highest BCUT2D eigenvalue weighted by atomic mass is 35.5. The predicted octanol–water partition coefficient (Wildman–Crippen LogP) is 2.68. The number of anilines is 1. The van der Waals surface area contributed by atoms with Crippen LogP contribution in [0.2, 0.25) is 5.02 Å². The molecule has 1 saturated carbocycles. The number of carbonyl (C=O) groups is 1. The number of hydrogen-bond acceptors (Lipinski definition) is 3. The zero-order valence-corrected chi connectivity index (χ0v) is 14.0. The number of rotatable bonds is 6. The summed E-state index contributed by atoms with van der Waals surface area (Å²) in [5, 5.41) is 3.53. The summed E-state index contributed by atoms with van der Waals surface area (Å²) in [6.07, 6.45) is 2.45. The Kier molecular flexibility index (Phi) is 6.94. The Labute approximate surface area is 137 Å². The van der Waals surface area contributed by atoms with Crippen molar-refractivity contribution in [1.82, 2.24) is 4.90 Å². The van der Waals surface area contributed by atoms with Crippen molar-refractivity contribution >= 4 is 35.6 Å². The SMILES string of the molecule is Cc1ccc(NC(=O)CN(C)C(CN)C2CC2)cc1Cl.Cl. The van der Waals surface area contributed by atoms with Gasteiger partial charge in [-0.05, 0) is 50.4 Å². The van der Waals surface area contributed by atoms with E-state index >= 15 is 0 Å². The molecule has 6 heteroatoms. The van der Waals surface area contributed by atoms with E-state index in [0.717, 1.165) is 11.3 Å². The number of nitrogens with two attached hydrogens (primary N) is 1. The lowest BCUT2D eigenvalue weighted by Gasteiger charge is -2.26. The van der Waals surface area contributed by atoms with Gasteiger partial charge >= 0.3 is 0 Å². The van der Waals surface area contributed by atoms with Gasteiger partial charge in [-0.15, -0.1) is 12.4 Å². The van der Waals surface area contributed by atoms with Gasteiger partial charge in [-0.1, -0.05) is 17.7 Å². The van der Waals surface area contributed by atoms with Crippen LogP contribution in [0, 0.1) is 12.8 Å². The summed E-state index contributed by atoms with van der Waals surface area (Å²) in [4.78, 5) is 14.1. The van der Waals surface area contributed by atoms with E-state index in [-0.39, 0.29) is 18.3 Å². The molecule has 1 amide bonds. The molecule has 0 heterocycles. The number of hydrogen-bond donors (Lipinski definition) is 2. The fourth-order valence-corrected chi connectivity index (χ4v) is 2.61.